The topological polar surface area (TPSA) is 29.1 Å². The Morgan fingerprint density at radius 1 is 1.14 bits per heavy atom. The van der Waals surface area contributed by atoms with E-state index >= 15 is 0 Å². The smallest absolute Gasteiger partial charge is 0.228 e. The lowest BCUT2D eigenvalue weighted by molar-refractivity contribution is -0.117. The van der Waals surface area contributed by atoms with Crippen molar-refractivity contribution in [2.75, 3.05) is 5.32 Å². The Morgan fingerprint density at radius 2 is 1.86 bits per heavy atom. The fourth-order valence-corrected chi connectivity index (χ4v) is 2.55. The molecule has 1 fully saturated rings. The number of amides is 1. The maximum absolute atomic E-state index is 13.6. The summed E-state index contributed by atoms with van der Waals surface area (Å²) >= 11 is 5.78. The van der Waals surface area contributed by atoms with E-state index in [0.717, 1.165) is 5.56 Å². The van der Waals surface area contributed by atoms with Crippen molar-refractivity contribution in [3.05, 3.63) is 64.7 Å². The fraction of sp³-hybridized carbons (Fsp3) is 0.188. The molecule has 0 aromatic heterocycles. The molecule has 5 heteroatoms. The minimum atomic E-state index is -0.522. The normalized spacial score (nSPS) is 20.1. The molecular weight excluding hydrogens is 296 g/mol. The van der Waals surface area contributed by atoms with E-state index in [1.165, 1.54) is 30.3 Å². The Labute approximate surface area is 125 Å². The van der Waals surface area contributed by atoms with Crippen LogP contribution in [0.2, 0.25) is 5.02 Å². The maximum atomic E-state index is 13.6. The summed E-state index contributed by atoms with van der Waals surface area (Å²) in [6.45, 7) is 0. The summed E-state index contributed by atoms with van der Waals surface area (Å²) in [5.74, 6) is -1.22. The molecule has 2 nitrogen and oxygen atoms in total. The number of hydrogen-bond donors (Lipinski definition) is 1. The number of carbonyl (C=O) groups is 1. The molecule has 0 spiro atoms. The first-order valence-corrected chi connectivity index (χ1v) is 6.94. The highest BCUT2D eigenvalue weighted by atomic mass is 35.5. The van der Waals surface area contributed by atoms with E-state index in [2.05, 4.69) is 5.32 Å². The third-order valence-electron chi connectivity index (χ3n) is 3.61. The minimum absolute atomic E-state index is 0.0628. The van der Waals surface area contributed by atoms with Crippen molar-refractivity contribution in [1.82, 2.24) is 0 Å². The van der Waals surface area contributed by atoms with Crippen LogP contribution in [0.3, 0.4) is 0 Å². The summed E-state index contributed by atoms with van der Waals surface area (Å²) in [4.78, 5) is 12.1. The zero-order valence-corrected chi connectivity index (χ0v) is 11.7. The Balaban J connectivity index is 1.68. The SMILES string of the molecule is O=C(Nc1cc(Cl)ccc1F)C1CC1c1ccc(F)cc1. The largest absolute Gasteiger partial charge is 0.323 e. The van der Waals surface area contributed by atoms with Crippen LogP contribution in [0, 0.1) is 17.6 Å². The molecule has 0 bridgehead atoms. The van der Waals surface area contributed by atoms with Gasteiger partial charge in [0.25, 0.3) is 0 Å². The molecule has 2 aromatic carbocycles. The molecule has 0 saturated heterocycles. The van der Waals surface area contributed by atoms with Gasteiger partial charge in [-0.2, -0.15) is 0 Å². The van der Waals surface area contributed by atoms with Gasteiger partial charge >= 0.3 is 0 Å². The Morgan fingerprint density at radius 3 is 2.57 bits per heavy atom. The van der Waals surface area contributed by atoms with Gasteiger partial charge in [0.1, 0.15) is 11.6 Å². The molecule has 2 aromatic rings. The number of rotatable bonds is 3. The summed E-state index contributed by atoms with van der Waals surface area (Å²) in [5, 5.41) is 2.91. The third kappa shape index (κ3) is 3.05. The van der Waals surface area contributed by atoms with Crippen molar-refractivity contribution in [2.24, 2.45) is 5.92 Å². The number of anilines is 1. The van der Waals surface area contributed by atoms with E-state index in [1.54, 1.807) is 12.1 Å². The highest BCUT2D eigenvalue weighted by Crippen LogP contribution is 2.48. The first-order valence-electron chi connectivity index (χ1n) is 6.56. The maximum Gasteiger partial charge on any atom is 0.228 e. The number of nitrogens with one attached hydrogen (secondary N) is 1. The van der Waals surface area contributed by atoms with Crippen LogP contribution in [-0.2, 0) is 4.79 Å². The molecule has 1 saturated carbocycles. The van der Waals surface area contributed by atoms with Gasteiger partial charge in [0.15, 0.2) is 0 Å². The van der Waals surface area contributed by atoms with Gasteiger partial charge in [-0.15, -0.1) is 0 Å². The van der Waals surface area contributed by atoms with Crippen LogP contribution in [0.25, 0.3) is 0 Å². The van der Waals surface area contributed by atoms with Crippen LogP contribution in [0.1, 0.15) is 17.9 Å². The van der Waals surface area contributed by atoms with Crippen molar-refractivity contribution in [1.29, 1.82) is 0 Å². The summed E-state index contributed by atoms with van der Waals surface area (Å²) in [7, 11) is 0. The molecule has 1 amide bonds. The molecule has 0 heterocycles. The van der Waals surface area contributed by atoms with Gasteiger partial charge in [-0.05, 0) is 48.2 Å². The Hall–Kier alpha value is -1.94. The van der Waals surface area contributed by atoms with Gasteiger partial charge in [0, 0.05) is 10.9 Å². The van der Waals surface area contributed by atoms with Gasteiger partial charge in [0.05, 0.1) is 5.69 Å². The van der Waals surface area contributed by atoms with Crippen LogP contribution in [-0.4, -0.2) is 5.91 Å². The van der Waals surface area contributed by atoms with Gasteiger partial charge < -0.3 is 5.32 Å². The zero-order chi connectivity index (χ0) is 15.0. The monoisotopic (exact) mass is 307 g/mol. The Kier molecular flexibility index (Phi) is 3.64. The summed E-state index contributed by atoms with van der Waals surface area (Å²) in [5.41, 5.74) is 1.00. The molecule has 1 aliphatic rings. The van der Waals surface area contributed by atoms with Crippen LogP contribution in [0.4, 0.5) is 14.5 Å². The van der Waals surface area contributed by atoms with Gasteiger partial charge in [-0.25, -0.2) is 8.78 Å². The van der Waals surface area contributed by atoms with E-state index in [-0.39, 0.29) is 29.2 Å². The number of halogens is 3. The minimum Gasteiger partial charge on any atom is -0.323 e. The second-order valence-corrected chi connectivity index (χ2v) is 5.55. The molecule has 2 unspecified atom stereocenters. The summed E-state index contributed by atoms with van der Waals surface area (Å²) < 4.78 is 26.4. The average molecular weight is 308 g/mol. The van der Waals surface area contributed by atoms with E-state index in [4.69, 9.17) is 11.6 Å². The van der Waals surface area contributed by atoms with Crippen LogP contribution in [0.5, 0.6) is 0 Å². The molecule has 21 heavy (non-hydrogen) atoms. The van der Waals surface area contributed by atoms with Crippen molar-refractivity contribution in [3.63, 3.8) is 0 Å². The molecule has 0 aliphatic heterocycles. The predicted octanol–water partition coefficient (Wildman–Crippen LogP) is 4.36. The highest BCUT2D eigenvalue weighted by molar-refractivity contribution is 6.30. The lowest BCUT2D eigenvalue weighted by atomic mass is 10.1. The van der Waals surface area contributed by atoms with Crippen LogP contribution >= 0.6 is 11.6 Å². The molecule has 108 valence electrons. The first-order chi connectivity index (χ1) is 10.0. The van der Waals surface area contributed by atoms with Gasteiger partial charge in [0.2, 0.25) is 5.91 Å². The van der Waals surface area contributed by atoms with Gasteiger partial charge in [-0.1, -0.05) is 23.7 Å². The second-order valence-electron chi connectivity index (χ2n) is 5.11. The van der Waals surface area contributed by atoms with Crippen molar-refractivity contribution in [2.45, 2.75) is 12.3 Å². The van der Waals surface area contributed by atoms with Crippen LogP contribution < -0.4 is 5.32 Å². The molecule has 0 radical (unpaired) electrons. The molecule has 2 atom stereocenters. The Bertz CT molecular complexity index is 687. The fourth-order valence-electron chi connectivity index (χ4n) is 2.38. The molecule has 1 N–H and O–H groups in total. The molecule has 1 aliphatic carbocycles. The summed E-state index contributed by atoms with van der Waals surface area (Å²) in [6, 6.07) is 10.1. The van der Waals surface area contributed by atoms with Crippen molar-refractivity contribution in [3.8, 4) is 0 Å². The first kappa shape index (κ1) is 14.0. The quantitative estimate of drug-likeness (QED) is 0.897. The van der Waals surface area contributed by atoms with Crippen LogP contribution in [0.15, 0.2) is 42.5 Å². The van der Waals surface area contributed by atoms with E-state index < -0.39 is 5.82 Å². The van der Waals surface area contributed by atoms with Gasteiger partial charge in [-0.3, -0.25) is 4.79 Å². The van der Waals surface area contributed by atoms with E-state index in [9.17, 15) is 13.6 Å². The second kappa shape index (κ2) is 5.45. The lowest BCUT2D eigenvalue weighted by Gasteiger charge is -2.07. The third-order valence-corrected chi connectivity index (χ3v) is 3.85. The molecule has 3 rings (SSSR count). The summed E-state index contributed by atoms with van der Waals surface area (Å²) in [6.07, 6.45) is 0.680. The van der Waals surface area contributed by atoms with Crippen molar-refractivity contribution < 1.29 is 13.6 Å². The highest BCUT2D eigenvalue weighted by Gasteiger charge is 2.44. The number of benzene rings is 2. The standard InChI is InChI=1S/C16H12ClF2NO/c17-10-3-6-14(19)15(7-10)20-16(21)13-8-12(13)9-1-4-11(18)5-2-9/h1-7,12-13H,8H2,(H,20,21). The number of carbonyl (C=O) groups excluding carboxylic acids is 1. The number of hydrogen-bond acceptors (Lipinski definition) is 1. The zero-order valence-electron chi connectivity index (χ0n) is 10.9. The van der Waals surface area contributed by atoms with Crippen molar-refractivity contribution >= 4 is 23.2 Å². The molecular formula is C16H12ClF2NO. The van der Waals surface area contributed by atoms with E-state index in [1.807, 2.05) is 0 Å². The lowest BCUT2D eigenvalue weighted by Crippen LogP contribution is -2.15. The average Bonchev–Trinajstić information content (AvgIpc) is 3.24. The van der Waals surface area contributed by atoms with E-state index in [0.29, 0.717) is 11.4 Å². The predicted molar refractivity (Wildman–Crippen MR) is 77.3 cm³/mol.